The highest BCUT2D eigenvalue weighted by atomic mass is 16.4. The third kappa shape index (κ3) is 2.81. The SMILES string of the molecule is Cc1ccc([C@H]2NC(=O)N(C)C3=C2C(=O)N(c2cccc(C(=O)O)c2)C3)cc1. The van der Waals surface area contributed by atoms with E-state index in [2.05, 4.69) is 5.32 Å². The van der Waals surface area contributed by atoms with Gasteiger partial charge in [-0.05, 0) is 30.7 Å². The molecular weight excluding hydrogens is 358 g/mol. The molecule has 0 spiro atoms. The number of hydrogen-bond donors (Lipinski definition) is 2. The predicted molar refractivity (Wildman–Crippen MR) is 103 cm³/mol. The first-order valence-corrected chi connectivity index (χ1v) is 8.86. The Balaban J connectivity index is 1.75. The number of nitrogens with one attached hydrogen (secondary N) is 1. The highest BCUT2D eigenvalue weighted by molar-refractivity contribution is 6.12. The van der Waals surface area contributed by atoms with Crippen LogP contribution in [0.25, 0.3) is 0 Å². The van der Waals surface area contributed by atoms with Gasteiger partial charge in [0.05, 0.1) is 29.4 Å². The molecule has 0 aliphatic carbocycles. The van der Waals surface area contributed by atoms with E-state index in [1.54, 1.807) is 19.2 Å². The number of carboxylic acids is 1. The number of rotatable bonds is 3. The molecule has 3 amide bonds. The van der Waals surface area contributed by atoms with Gasteiger partial charge in [0.15, 0.2) is 0 Å². The summed E-state index contributed by atoms with van der Waals surface area (Å²) >= 11 is 0. The molecule has 0 bridgehead atoms. The summed E-state index contributed by atoms with van der Waals surface area (Å²) in [5.74, 6) is -1.30. The number of aryl methyl sites for hydroxylation is 1. The van der Waals surface area contributed by atoms with E-state index in [4.69, 9.17) is 0 Å². The maximum absolute atomic E-state index is 13.3. The second kappa shape index (κ2) is 6.53. The van der Waals surface area contributed by atoms with Crippen molar-refractivity contribution in [2.75, 3.05) is 18.5 Å². The summed E-state index contributed by atoms with van der Waals surface area (Å²) in [7, 11) is 1.63. The van der Waals surface area contributed by atoms with E-state index >= 15 is 0 Å². The van der Waals surface area contributed by atoms with Gasteiger partial charge < -0.3 is 15.3 Å². The zero-order chi connectivity index (χ0) is 20.0. The van der Waals surface area contributed by atoms with Crippen molar-refractivity contribution in [2.45, 2.75) is 13.0 Å². The molecule has 2 N–H and O–H groups in total. The van der Waals surface area contributed by atoms with Gasteiger partial charge in [-0.25, -0.2) is 9.59 Å². The van der Waals surface area contributed by atoms with E-state index in [0.717, 1.165) is 11.1 Å². The molecule has 7 nitrogen and oxygen atoms in total. The fraction of sp³-hybridized carbons (Fsp3) is 0.190. The fourth-order valence-corrected chi connectivity index (χ4v) is 3.59. The summed E-state index contributed by atoms with van der Waals surface area (Å²) < 4.78 is 0. The normalized spacial score (nSPS) is 19.0. The molecule has 2 aromatic rings. The molecule has 28 heavy (non-hydrogen) atoms. The number of amides is 3. The Morgan fingerprint density at radius 3 is 2.54 bits per heavy atom. The van der Waals surface area contributed by atoms with Gasteiger partial charge in [-0.3, -0.25) is 9.69 Å². The molecule has 1 atom stereocenters. The lowest BCUT2D eigenvalue weighted by Gasteiger charge is -2.31. The van der Waals surface area contributed by atoms with E-state index in [1.807, 2.05) is 31.2 Å². The van der Waals surface area contributed by atoms with Gasteiger partial charge in [0.25, 0.3) is 5.91 Å². The van der Waals surface area contributed by atoms with Crippen molar-refractivity contribution in [3.63, 3.8) is 0 Å². The van der Waals surface area contributed by atoms with Crippen molar-refractivity contribution < 1.29 is 19.5 Å². The van der Waals surface area contributed by atoms with Crippen LogP contribution in [-0.2, 0) is 4.79 Å². The first-order chi connectivity index (χ1) is 13.4. The van der Waals surface area contributed by atoms with Gasteiger partial charge in [-0.15, -0.1) is 0 Å². The summed E-state index contributed by atoms with van der Waals surface area (Å²) in [6, 6.07) is 13.1. The highest BCUT2D eigenvalue weighted by Crippen LogP contribution is 2.37. The first kappa shape index (κ1) is 17.8. The van der Waals surface area contributed by atoms with Crippen molar-refractivity contribution in [3.8, 4) is 0 Å². The number of carboxylic acid groups (broad SMARTS) is 1. The Kier molecular flexibility index (Phi) is 4.15. The van der Waals surface area contributed by atoms with Crippen LogP contribution in [0.1, 0.15) is 27.5 Å². The molecule has 2 aromatic carbocycles. The molecule has 2 aliphatic heterocycles. The molecular formula is C21H19N3O4. The number of carbonyl (C=O) groups excluding carboxylic acids is 2. The summed E-state index contributed by atoms with van der Waals surface area (Å²) in [6.45, 7) is 2.18. The number of nitrogens with zero attached hydrogens (tertiary/aromatic N) is 2. The summed E-state index contributed by atoms with van der Waals surface area (Å²) in [5.41, 5.74) is 3.64. The molecule has 0 fully saturated rings. The van der Waals surface area contributed by atoms with Crippen LogP contribution in [0.4, 0.5) is 10.5 Å². The second-order valence-corrected chi connectivity index (χ2v) is 6.96. The summed E-state index contributed by atoms with van der Waals surface area (Å²) in [4.78, 5) is 40.0. The third-order valence-electron chi connectivity index (χ3n) is 5.18. The Bertz CT molecular complexity index is 1030. The van der Waals surface area contributed by atoms with Crippen LogP contribution in [0.15, 0.2) is 59.8 Å². The average Bonchev–Trinajstić information content (AvgIpc) is 3.03. The van der Waals surface area contributed by atoms with E-state index in [0.29, 0.717) is 17.0 Å². The van der Waals surface area contributed by atoms with Gasteiger partial charge >= 0.3 is 12.0 Å². The van der Waals surface area contributed by atoms with E-state index < -0.39 is 12.0 Å². The number of aromatic carboxylic acids is 1. The second-order valence-electron chi connectivity index (χ2n) is 6.96. The lowest BCUT2D eigenvalue weighted by atomic mass is 9.95. The number of hydrogen-bond acceptors (Lipinski definition) is 3. The zero-order valence-corrected chi connectivity index (χ0v) is 15.5. The maximum atomic E-state index is 13.3. The number of urea groups is 1. The topological polar surface area (TPSA) is 90.0 Å². The monoisotopic (exact) mass is 377 g/mol. The highest BCUT2D eigenvalue weighted by Gasteiger charge is 2.43. The van der Waals surface area contributed by atoms with Gasteiger partial charge in [-0.1, -0.05) is 35.9 Å². The van der Waals surface area contributed by atoms with E-state index in [9.17, 15) is 19.5 Å². The Morgan fingerprint density at radius 2 is 1.86 bits per heavy atom. The first-order valence-electron chi connectivity index (χ1n) is 8.86. The number of likely N-dealkylation sites (N-methyl/N-ethyl adjacent to an activating group) is 1. The van der Waals surface area contributed by atoms with Crippen LogP contribution in [0.3, 0.4) is 0 Å². The molecule has 0 saturated heterocycles. The number of benzene rings is 2. The number of carbonyl (C=O) groups is 3. The van der Waals surface area contributed by atoms with Crippen LogP contribution in [0, 0.1) is 6.92 Å². The van der Waals surface area contributed by atoms with Crippen LogP contribution < -0.4 is 10.2 Å². The van der Waals surface area contributed by atoms with Crippen molar-refractivity contribution in [3.05, 3.63) is 76.5 Å². The Morgan fingerprint density at radius 1 is 1.14 bits per heavy atom. The number of anilines is 1. The summed E-state index contributed by atoms with van der Waals surface area (Å²) in [5, 5.41) is 12.1. The molecule has 2 heterocycles. The lowest BCUT2D eigenvalue weighted by molar-refractivity contribution is -0.114. The minimum atomic E-state index is -1.06. The smallest absolute Gasteiger partial charge is 0.335 e. The van der Waals surface area contributed by atoms with Crippen molar-refractivity contribution in [1.29, 1.82) is 0 Å². The lowest BCUT2D eigenvalue weighted by Crippen LogP contribution is -2.45. The molecule has 0 aromatic heterocycles. The van der Waals surface area contributed by atoms with Gasteiger partial charge in [0, 0.05) is 12.7 Å². The zero-order valence-electron chi connectivity index (χ0n) is 15.5. The van der Waals surface area contributed by atoms with Crippen molar-refractivity contribution in [2.24, 2.45) is 0 Å². The molecule has 142 valence electrons. The minimum absolute atomic E-state index is 0.104. The van der Waals surface area contributed by atoms with Gasteiger partial charge in [0.2, 0.25) is 0 Å². The van der Waals surface area contributed by atoms with Crippen molar-refractivity contribution >= 4 is 23.6 Å². The molecule has 0 saturated carbocycles. The Hall–Kier alpha value is -3.61. The Labute approximate surface area is 161 Å². The quantitative estimate of drug-likeness (QED) is 0.861. The van der Waals surface area contributed by atoms with Crippen LogP contribution in [-0.4, -0.2) is 41.5 Å². The molecule has 0 unspecified atom stereocenters. The van der Waals surface area contributed by atoms with E-state index in [-0.39, 0.29) is 24.0 Å². The predicted octanol–water partition coefficient (Wildman–Crippen LogP) is 2.69. The average molecular weight is 377 g/mol. The van der Waals surface area contributed by atoms with Gasteiger partial charge in [0.1, 0.15) is 0 Å². The van der Waals surface area contributed by atoms with Crippen LogP contribution >= 0.6 is 0 Å². The minimum Gasteiger partial charge on any atom is -0.478 e. The molecule has 0 radical (unpaired) electrons. The molecule has 2 aliphatic rings. The van der Waals surface area contributed by atoms with Crippen molar-refractivity contribution in [1.82, 2.24) is 10.2 Å². The van der Waals surface area contributed by atoms with E-state index in [1.165, 1.54) is 21.9 Å². The largest absolute Gasteiger partial charge is 0.478 e. The standard InChI is InChI=1S/C21H19N3O4/c1-12-6-8-13(9-7-12)18-17-16(23(2)21(28)22-18)11-24(19(17)25)15-5-3-4-14(10-15)20(26)27/h3-10,18H,11H2,1-2H3,(H,22,28)(H,26,27)/t18-/m1/s1. The summed E-state index contributed by atoms with van der Waals surface area (Å²) in [6.07, 6.45) is 0. The molecule has 4 rings (SSSR count). The van der Waals surface area contributed by atoms with Crippen LogP contribution in [0.2, 0.25) is 0 Å². The molecule has 7 heteroatoms. The third-order valence-corrected chi connectivity index (χ3v) is 5.18. The fourth-order valence-electron chi connectivity index (χ4n) is 3.59. The van der Waals surface area contributed by atoms with Crippen LogP contribution in [0.5, 0.6) is 0 Å². The van der Waals surface area contributed by atoms with Gasteiger partial charge in [-0.2, -0.15) is 0 Å². The maximum Gasteiger partial charge on any atom is 0.335 e.